The normalized spacial score (nSPS) is 18.6. The molecular weight excluding hydrogens is 667 g/mol. The molecule has 0 aliphatic heterocycles. The van der Waals surface area contributed by atoms with Crippen LogP contribution in [-0.4, -0.2) is 0 Å². The summed E-state index contributed by atoms with van der Waals surface area (Å²) in [5, 5.41) is 7.44. The lowest BCUT2D eigenvalue weighted by atomic mass is 9.43. The minimum Gasteiger partial charge on any atom is -0.456 e. The maximum atomic E-state index is 6.51. The van der Waals surface area contributed by atoms with E-state index < -0.39 is 0 Å². The largest absolute Gasteiger partial charge is 0.456 e. The van der Waals surface area contributed by atoms with Crippen molar-refractivity contribution in [2.45, 2.75) is 17.3 Å². The number of rotatable bonds is 4. The van der Waals surface area contributed by atoms with Crippen LogP contribution in [0.5, 0.6) is 0 Å². The summed E-state index contributed by atoms with van der Waals surface area (Å²) >= 11 is 0. The van der Waals surface area contributed by atoms with Gasteiger partial charge in [0.15, 0.2) is 0 Å². The molecule has 9 aromatic carbocycles. The van der Waals surface area contributed by atoms with E-state index >= 15 is 0 Å². The molecular formula is C53H33NO. The van der Waals surface area contributed by atoms with Crippen LogP contribution in [0.3, 0.4) is 0 Å². The zero-order chi connectivity index (χ0) is 35.8. The summed E-state index contributed by atoms with van der Waals surface area (Å²) in [5.41, 5.74) is 16.6. The number of hydrogen-bond acceptors (Lipinski definition) is 2. The van der Waals surface area contributed by atoms with Crippen molar-refractivity contribution in [3.63, 3.8) is 0 Å². The molecule has 0 radical (unpaired) electrons. The number of nitrogens with zero attached hydrogens (tertiary/aromatic N) is 1. The summed E-state index contributed by atoms with van der Waals surface area (Å²) in [4.78, 5) is 2.48. The highest BCUT2D eigenvalue weighted by atomic mass is 16.3. The highest BCUT2D eigenvalue weighted by molar-refractivity contribution is 6.13. The van der Waals surface area contributed by atoms with Crippen LogP contribution < -0.4 is 4.90 Å². The fraction of sp³-hybridized carbons (Fsp3) is 0.0566. The Hall–Kier alpha value is -6.90. The van der Waals surface area contributed by atoms with Crippen molar-refractivity contribution in [2.24, 2.45) is 0 Å². The summed E-state index contributed by atoms with van der Waals surface area (Å²) in [7, 11) is 0. The van der Waals surface area contributed by atoms with Crippen molar-refractivity contribution in [2.75, 3.05) is 4.90 Å². The zero-order valence-electron chi connectivity index (χ0n) is 29.9. The molecule has 0 fully saturated rings. The van der Waals surface area contributed by atoms with Gasteiger partial charge in [-0.3, -0.25) is 0 Å². The van der Waals surface area contributed by atoms with Crippen LogP contribution in [0.25, 0.3) is 54.6 Å². The molecule has 0 bridgehead atoms. The quantitative estimate of drug-likeness (QED) is 0.170. The Morgan fingerprint density at radius 2 is 1.05 bits per heavy atom. The summed E-state index contributed by atoms with van der Waals surface area (Å²) in [6, 6.07) is 69.6. The van der Waals surface area contributed by atoms with Gasteiger partial charge in [-0.25, -0.2) is 0 Å². The average molecular weight is 700 g/mol. The highest BCUT2D eigenvalue weighted by Crippen LogP contribution is 2.79. The number of anilines is 3. The van der Waals surface area contributed by atoms with Gasteiger partial charge >= 0.3 is 0 Å². The van der Waals surface area contributed by atoms with Gasteiger partial charge in [0.2, 0.25) is 0 Å². The minimum absolute atomic E-state index is 0.0945. The lowest BCUT2D eigenvalue weighted by Gasteiger charge is -2.58. The highest BCUT2D eigenvalue weighted by Gasteiger charge is 2.70. The lowest BCUT2D eigenvalue weighted by Crippen LogP contribution is -2.52. The number of fused-ring (bicyclic) bond motifs is 13. The van der Waals surface area contributed by atoms with Crippen LogP contribution >= 0.6 is 0 Å². The molecule has 10 aromatic rings. The Bertz CT molecular complexity index is 3250. The maximum Gasteiger partial charge on any atom is 0.137 e. The van der Waals surface area contributed by atoms with E-state index in [4.69, 9.17) is 4.42 Å². The summed E-state index contributed by atoms with van der Waals surface area (Å²) in [6.07, 6.45) is 0. The minimum atomic E-state index is -0.0945. The number of hydrogen-bond donors (Lipinski definition) is 0. The van der Waals surface area contributed by atoms with Crippen molar-refractivity contribution in [3.05, 3.63) is 221 Å². The fourth-order valence-electron chi connectivity index (χ4n) is 11.1. The molecule has 3 aliphatic carbocycles. The molecule has 2 heteroatoms. The van der Waals surface area contributed by atoms with Gasteiger partial charge in [0.25, 0.3) is 0 Å². The van der Waals surface area contributed by atoms with Gasteiger partial charge in [0, 0.05) is 45.5 Å². The molecule has 13 rings (SSSR count). The Labute approximate surface area is 318 Å². The van der Waals surface area contributed by atoms with Crippen LogP contribution in [-0.2, 0) is 5.41 Å². The van der Waals surface area contributed by atoms with E-state index in [9.17, 15) is 0 Å². The third-order valence-corrected chi connectivity index (χ3v) is 13.1. The standard InChI is InChI=1S/C53H33NO/c1-2-14-33(15-3-1)54(34-26-28-40-39-17-8-11-24-47(39)55-48(40)31-34)46-30-29-41(37-21-12-20-36-35-16-5-4-13-32(35)25-27-38(36)37)49-50(46)52-43-19-7-10-23-45(43)53(52)44-22-9-6-18-42(44)51(49)53/h1-31,51-52H. The van der Waals surface area contributed by atoms with Crippen LogP contribution in [0.1, 0.15) is 45.2 Å². The predicted molar refractivity (Wildman–Crippen MR) is 226 cm³/mol. The van der Waals surface area contributed by atoms with Gasteiger partial charge in [-0.1, -0.05) is 146 Å². The molecule has 1 aromatic heterocycles. The maximum absolute atomic E-state index is 6.51. The third-order valence-electron chi connectivity index (χ3n) is 13.1. The second-order valence-corrected chi connectivity index (χ2v) is 15.5. The molecule has 0 amide bonds. The van der Waals surface area contributed by atoms with Crippen LogP contribution in [0.2, 0.25) is 0 Å². The van der Waals surface area contributed by atoms with E-state index in [0.29, 0.717) is 0 Å². The lowest BCUT2D eigenvalue weighted by molar-refractivity contribution is 0.333. The van der Waals surface area contributed by atoms with Gasteiger partial charge in [-0.05, 0) is 102 Å². The molecule has 3 atom stereocenters. The van der Waals surface area contributed by atoms with Crippen molar-refractivity contribution < 1.29 is 4.42 Å². The van der Waals surface area contributed by atoms with Crippen molar-refractivity contribution in [3.8, 4) is 11.1 Å². The van der Waals surface area contributed by atoms with Gasteiger partial charge < -0.3 is 9.32 Å². The number of furan rings is 1. The average Bonchev–Trinajstić information content (AvgIpc) is 3.71. The number of para-hydroxylation sites is 2. The van der Waals surface area contributed by atoms with Gasteiger partial charge in [0.1, 0.15) is 11.2 Å². The first-order chi connectivity index (χ1) is 27.3. The van der Waals surface area contributed by atoms with Gasteiger partial charge in [0.05, 0.1) is 5.69 Å². The molecule has 256 valence electrons. The predicted octanol–water partition coefficient (Wildman–Crippen LogP) is 13.9. The first-order valence-corrected chi connectivity index (χ1v) is 19.3. The monoisotopic (exact) mass is 699 g/mol. The molecule has 2 nitrogen and oxygen atoms in total. The zero-order valence-corrected chi connectivity index (χ0v) is 29.9. The van der Waals surface area contributed by atoms with Gasteiger partial charge in [-0.2, -0.15) is 0 Å². The molecule has 3 aliphatic rings. The van der Waals surface area contributed by atoms with E-state index in [1.807, 2.05) is 6.07 Å². The van der Waals surface area contributed by atoms with E-state index in [-0.39, 0.29) is 17.3 Å². The molecule has 0 saturated heterocycles. The van der Waals surface area contributed by atoms with Gasteiger partial charge in [-0.15, -0.1) is 0 Å². The second kappa shape index (κ2) is 10.6. The molecule has 0 saturated carbocycles. The van der Waals surface area contributed by atoms with Crippen molar-refractivity contribution in [1.82, 2.24) is 0 Å². The smallest absolute Gasteiger partial charge is 0.137 e. The Morgan fingerprint density at radius 1 is 0.400 bits per heavy atom. The third kappa shape index (κ3) is 3.65. The summed E-state index contributed by atoms with van der Waals surface area (Å²) in [5.74, 6) is 0.477. The van der Waals surface area contributed by atoms with E-state index in [1.54, 1.807) is 0 Å². The summed E-state index contributed by atoms with van der Waals surface area (Å²) < 4.78 is 6.51. The molecule has 0 N–H and O–H groups in total. The fourth-order valence-corrected chi connectivity index (χ4v) is 11.1. The van der Waals surface area contributed by atoms with E-state index in [2.05, 4.69) is 187 Å². The van der Waals surface area contributed by atoms with Crippen molar-refractivity contribution in [1.29, 1.82) is 0 Å². The van der Waals surface area contributed by atoms with E-state index in [1.165, 1.54) is 71.7 Å². The molecule has 1 spiro atoms. The first kappa shape index (κ1) is 29.5. The summed E-state index contributed by atoms with van der Waals surface area (Å²) in [6.45, 7) is 0. The van der Waals surface area contributed by atoms with Crippen LogP contribution in [0.15, 0.2) is 192 Å². The number of benzene rings is 9. The Morgan fingerprint density at radius 3 is 1.89 bits per heavy atom. The molecule has 55 heavy (non-hydrogen) atoms. The van der Waals surface area contributed by atoms with E-state index in [0.717, 1.165) is 33.3 Å². The first-order valence-electron chi connectivity index (χ1n) is 19.3. The van der Waals surface area contributed by atoms with Crippen molar-refractivity contribution >= 4 is 60.5 Å². The topological polar surface area (TPSA) is 16.4 Å². The van der Waals surface area contributed by atoms with Crippen LogP contribution in [0, 0.1) is 0 Å². The Balaban J connectivity index is 1.13. The molecule has 1 heterocycles. The Kier molecular flexibility index (Phi) is 5.70. The van der Waals surface area contributed by atoms with Crippen LogP contribution in [0.4, 0.5) is 17.1 Å². The molecule has 3 unspecified atom stereocenters. The second-order valence-electron chi connectivity index (χ2n) is 15.5. The SMILES string of the molecule is c1ccc(N(c2ccc3c(c2)oc2ccccc23)c2ccc(-c3cccc4c3ccc3ccccc34)c3c2C2c4ccccc4C24c2ccccc2C34)cc1.